The number of hydrogen-bond donors (Lipinski definition) is 0. The molecule has 0 rings (SSSR count). The van der Waals surface area contributed by atoms with Crippen LogP contribution < -0.4 is 0 Å². The largest absolute Gasteiger partial charge is 3.00 e. The van der Waals surface area contributed by atoms with Gasteiger partial charge >= 0.3 is 17.4 Å². The molecule has 6 heavy (non-hydrogen) atoms. The van der Waals surface area contributed by atoms with Crippen LogP contribution in [0.4, 0.5) is 0 Å². The van der Waals surface area contributed by atoms with E-state index in [1.165, 1.54) is 0 Å². The topological polar surface area (TPSA) is 90.0 Å². The Morgan fingerprint density at radius 1 is 0.667 bits per heavy atom. The zero-order valence-corrected chi connectivity index (χ0v) is 5.34. The minimum absolute atomic E-state index is 0. The fourth-order valence-corrected chi connectivity index (χ4v) is 0. The van der Waals surface area contributed by atoms with Gasteiger partial charge in [-0.15, -0.1) is 0 Å². The molecule has 0 heterocycles. The van der Waals surface area contributed by atoms with Crippen LogP contribution >= 0.6 is 21.7 Å². The smallest absolute Gasteiger partial charge is 0.870 e. The Morgan fingerprint density at radius 3 is 0.667 bits per heavy atom. The van der Waals surface area contributed by atoms with Crippen molar-refractivity contribution in [3.8, 4) is 0 Å². The SMILES string of the molecule is ClCl.[Al+3].[OH-].[OH-].[OH-]. The van der Waals surface area contributed by atoms with Gasteiger partial charge in [0, 0.05) is 21.7 Å². The Labute approximate surface area is 55.9 Å². The van der Waals surface area contributed by atoms with Crippen molar-refractivity contribution in [3.63, 3.8) is 0 Å². The van der Waals surface area contributed by atoms with Crippen LogP contribution in [0.15, 0.2) is 0 Å². The third kappa shape index (κ3) is 80.8. The molecule has 0 aromatic heterocycles. The summed E-state index contributed by atoms with van der Waals surface area (Å²) in [6, 6.07) is 0. The van der Waals surface area contributed by atoms with Crippen molar-refractivity contribution >= 4 is 39.1 Å². The summed E-state index contributed by atoms with van der Waals surface area (Å²) in [6.45, 7) is 0. The standard InChI is InChI=1S/Al.Cl2.3H2O/c;1-2;;;/h;;3*1H2/q+3;;;;/p-3. The average molecular weight is 149 g/mol. The van der Waals surface area contributed by atoms with Crippen LogP contribution in [0.3, 0.4) is 0 Å². The van der Waals surface area contributed by atoms with Crippen molar-refractivity contribution in [1.29, 1.82) is 0 Å². The summed E-state index contributed by atoms with van der Waals surface area (Å²) in [5.41, 5.74) is 0. The van der Waals surface area contributed by atoms with Gasteiger partial charge in [-0.2, -0.15) is 0 Å². The summed E-state index contributed by atoms with van der Waals surface area (Å²) >= 11 is 0. The van der Waals surface area contributed by atoms with E-state index in [0.717, 1.165) is 0 Å². The zero-order valence-electron chi connectivity index (χ0n) is 2.67. The molecule has 0 bridgehead atoms. The quantitative estimate of drug-likeness (QED) is 0.468. The van der Waals surface area contributed by atoms with E-state index < -0.39 is 0 Å². The third-order valence-corrected chi connectivity index (χ3v) is 0. The Bertz CT molecular complexity index is 8.75. The maximum Gasteiger partial charge on any atom is 3.00 e. The predicted octanol–water partition coefficient (Wildman–Crippen LogP) is 0.468. The van der Waals surface area contributed by atoms with E-state index in [1.54, 1.807) is 0 Å². The molecule has 3 N–H and O–H groups in total. The second-order valence-corrected chi connectivity index (χ2v) is 0. The normalized spacial score (nSPS) is 1.00. The van der Waals surface area contributed by atoms with Gasteiger partial charge in [-0.25, -0.2) is 0 Å². The second kappa shape index (κ2) is 152. The van der Waals surface area contributed by atoms with Crippen molar-refractivity contribution in [1.82, 2.24) is 0 Å². The van der Waals surface area contributed by atoms with E-state index in [-0.39, 0.29) is 33.8 Å². The summed E-state index contributed by atoms with van der Waals surface area (Å²) in [4.78, 5) is 0. The van der Waals surface area contributed by atoms with Crippen molar-refractivity contribution < 1.29 is 16.4 Å². The van der Waals surface area contributed by atoms with E-state index in [9.17, 15) is 0 Å². The molecule has 0 aliphatic heterocycles. The molecule has 0 aliphatic rings. The van der Waals surface area contributed by atoms with Crippen LogP contribution in [0.1, 0.15) is 0 Å². The number of halogens is 2. The summed E-state index contributed by atoms with van der Waals surface area (Å²) in [7, 11) is 8.22. The molecule has 0 radical (unpaired) electrons. The molecule has 0 saturated carbocycles. The predicted molar refractivity (Wildman–Crippen MR) is 23.3 cm³/mol. The first-order chi connectivity index (χ1) is 1.00. The second-order valence-electron chi connectivity index (χ2n) is 0. The van der Waals surface area contributed by atoms with Gasteiger partial charge in [0.15, 0.2) is 0 Å². The van der Waals surface area contributed by atoms with Gasteiger partial charge in [0.1, 0.15) is 0 Å². The Hall–Kier alpha value is 0.992. The molecule has 0 saturated heterocycles. The molecule has 0 aromatic carbocycles. The Kier molecular flexibility index (Phi) is 1600. The first-order valence-corrected chi connectivity index (χ1v) is 1.29. The van der Waals surface area contributed by atoms with E-state index in [0.29, 0.717) is 0 Å². The van der Waals surface area contributed by atoms with E-state index in [1.807, 2.05) is 0 Å². The van der Waals surface area contributed by atoms with Gasteiger partial charge < -0.3 is 16.4 Å². The number of rotatable bonds is 0. The van der Waals surface area contributed by atoms with E-state index in [2.05, 4.69) is 21.7 Å². The van der Waals surface area contributed by atoms with Crippen molar-refractivity contribution in [2.75, 3.05) is 0 Å². The van der Waals surface area contributed by atoms with Crippen molar-refractivity contribution in [2.45, 2.75) is 0 Å². The van der Waals surface area contributed by atoms with Gasteiger partial charge in [-0.05, 0) is 0 Å². The molecular weight excluding hydrogens is 146 g/mol. The molecule has 0 amide bonds. The van der Waals surface area contributed by atoms with Gasteiger partial charge in [-0.3, -0.25) is 0 Å². The van der Waals surface area contributed by atoms with E-state index >= 15 is 0 Å². The van der Waals surface area contributed by atoms with Crippen LogP contribution in [0.25, 0.3) is 0 Å². The molecule has 0 unspecified atom stereocenters. The summed E-state index contributed by atoms with van der Waals surface area (Å²) < 4.78 is 0. The van der Waals surface area contributed by atoms with Crippen molar-refractivity contribution in [2.24, 2.45) is 0 Å². The molecule has 38 valence electrons. The summed E-state index contributed by atoms with van der Waals surface area (Å²) in [6.07, 6.45) is 0. The molecule has 0 spiro atoms. The molecule has 0 fully saturated rings. The van der Waals surface area contributed by atoms with Gasteiger partial charge in [0.05, 0.1) is 0 Å². The monoisotopic (exact) mass is 148 g/mol. The van der Waals surface area contributed by atoms with Crippen LogP contribution in [-0.4, -0.2) is 33.8 Å². The van der Waals surface area contributed by atoms with Crippen molar-refractivity contribution in [3.05, 3.63) is 0 Å². The van der Waals surface area contributed by atoms with Gasteiger partial charge in [-0.1, -0.05) is 0 Å². The molecule has 0 aromatic rings. The fraction of sp³-hybridized carbons (Fsp3) is 0. The molecule has 0 aliphatic carbocycles. The third-order valence-electron chi connectivity index (χ3n) is 0. The van der Waals surface area contributed by atoms with Crippen LogP contribution in [-0.2, 0) is 0 Å². The maximum absolute atomic E-state index is 4.11. The first kappa shape index (κ1) is 63.2. The summed E-state index contributed by atoms with van der Waals surface area (Å²) in [5, 5.41) is 0. The van der Waals surface area contributed by atoms with Crippen LogP contribution in [0, 0.1) is 0 Å². The van der Waals surface area contributed by atoms with Gasteiger partial charge in [0.2, 0.25) is 0 Å². The minimum atomic E-state index is 0. The first-order valence-electron chi connectivity index (χ1n) is 0.143. The van der Waals surface area contributed by atoms with Crippen LogP contribution in [0.5, 0.6) is 0 Å². The minimum Gasteiger partial charge on any atom is -0.870 e. The summed E-state index contributed by atoms with van der Waals surface area (Å²) in [5.74, 6) is 0. The van der Waals surface area contributed by atoms with E-state index in [4.69, 9.17) is 0 Å². The Balaban J connectivity index is -0.000000000833. The fourth-order valence-electron chi connectivity index (χ4n) is 0. The molecule has 6 heteroatoms. The Morgan fingerprint density at radius 2 is 0.667 bits per heavy atom. The van der Waals surface area contributed by atoms with Gasteiger partial charge in [0.25, 0.3) is 0 Å². The molecule has 3 nitrogen and oxygen atoms in total. The number of hydrogen-bond acceptors (Lipinski definition) is 3. The average Bonchev–Trinajstić information content (AvgIpc) is 1.00. The maximum atomic E-state index is 4.11. The molecule has 0 atom stereocenters. The zero-order chi connectivity index (χ0) is 2.00. The van der Waals surface area contributed by atoms with Crippen LogP contribution in [0.2, 0.25) is 0 Å². The molecular formula is H3AlCl2O3.